The zero-order valence-corrected chi connectivity index (χ0v) is 47.0. The van der Waals surface area contributed by atoms with E-state index in [1.54, 1.807) is 0 Å². The van der Waals surface area contributed by atoms with Gasteiger partial charge in [-0.15, -0.1) is 0 Å². The van der Waals surface area contributed by atoms with Gasteiger partial charge in [-0.1, -0.05) is 261 Å². The van der Waals surface area contributed by atoms with Gasteiger partial charge in [0.2, 0.25) is 0 Å². The van der Waals surface area contributed by atoms with Crippen LogP contribution >= 0.6 is 0 Å². The largest absolute Gasteiger partial charge is 0.462 e. The second kappa shape index (κ2) is 59.4. The van der Waals surface area contributed by atoms with Crippen molar-refractivity contribution >= 4 is 17.9 Å². The summed E-state index contributed by atoms with van der Waals surface area (Å²) < 4.78 is 16.7. The Bertz CT molecular complexity index is 1320. The van der Waals surface area contributed by atoms with Crippen molar-refractivity contribution < 1.29 is 28.6 Å². The van der Waals surface area contributed by atoms with E-state index in [4.69, 9.17) is 14.2 Å². The normalized spacial score (nSPS) is 12.5. The van der Waals surface area contributed by atoms with Crippen LogP contribution in [0.5, 0.6) is 0 Å². The van der Waals surface area contributed by atoms with Gasteiger partial charge in [0, 0.05) is 19.3 Å². The number of ether oxygens (including phenoxy) is 3. The Kier molecular flexibility index (Phi) is 56.8. The van der Waals surface area contributed by atoms with E-state index in [0.29, 0.717) is 19.3 Å². The Hall–Kier alpha value is -3.15. The highest BCUT2D eigenvalue weighted by atomic mass is 16.6. The fraction of sp³-hybridized carbons (Fsp3) is 0.769. The molecule has 0 bridgehead atoms. The van der Waals surface area contributed by atoms with Crippen molar-refractivity contribution in [1.82, 2.24) is 0 Å². The molecular weight excluding hydrogens is 877 g/mol. The average Bonchev–Trinajstić information content (AvgIpc) is 3.37. The van der Waals surface area contributed by atoms with Gasteiger partial charge in [-0.3, -0.25) is 14.4 Å². The molecule has 0 N–H and O–H groups in total. The first-order valence-corrected chi connectivity index (χ1v) is 30.4. The molecule has 0 fully saturated rings. The van der Waals surface area contributed by atoms with Crippen molar-refractivity contribution in [3.63, 3.8) is 0 Å². The van der Waals surface area contributed by atoms with Crippen molar-refractivity contribution in [2.45, 2.75) is 309 Å². The first-order chi connectivity index (χ1) is 35.0. The van der Waals surface area contributed by atoms with E-state index in [9.17, 15) is 14.4 Å². The molecule has 410 valence electrons. The molecule has 0 aromatic heterocycles. The Labute approximate surface area is 440 Å². The van der Waals surface area contributed by atoms with Crippen LogP contribution in [-0.4, -0.2) is 37.2 Å². The van der Waals surface area contributed by atoms with E-state index in [0.717, 1.165) is 96.3 Å². The van der Waals surface area contributed by atoms with Gasteiger partial charge in [0.25, 0.3) is 0 Å². The number of hydrogen-bond acceptors (Lipinski definition) is 6. The molecule has 0 radical (unpaired) electrons. The predicted molar refractivity (Wildman–Crippen MR) is 307 cm³/mol. The summed E-state index contributed by atoms with van der Waals surface area (Å²) in [4.78, 5) is 37.9. The van der Waals surface area contributed by atoms with Crippen LogP contribution in [0, 0.1) is 0 Å². The highest BCUT2D eigenvalue weighted by Crippen LogP contribution is 2.15. The van der Waals surface area contributed by atoms with Crippen LogP contribution in [-0.2, 0) is 28.6 Å². The topological polar surface area (TPSA) is 78.9 Å². The molecule has 0 saturated carbocycles. The fourth-order valence-corrected chi connectivity index (χ4v) is 8.57. The molecule has 6 heteroatoms. The number of esters is 3. The molecule has 0 aliphatic heterocycles. The van der Waals surface area contributed by atoms with Crippen LogP contribution in [0.25, 0.3) is 0 Å². The molecule has 0 aromatic rings. The second-order valence-corrected chi connectivity index (χ2v) is 20.3. The Morgan fingerprint density at radius 3 is 0.789 bits per heavy atom. The summed E-state index contributed by atoms with van der Waals surface area (Å²) in [5.41, 5.74) is 0. The minimum Gasteiger partial charge on any atom is -0.462 e. The first kappa shape index (κ1) is 67.8. The van der Waals surface area contributed by atoms with Crippen molar-refractivity contribution in [1.29, 1.82) is 0 Å². The summed E-state index contributed by atoms with van der Waals surface area (Å²) in [6, 6.07) is 0. The minimum absolute atomic E-state index is 0.0798. The molecular formula is C65H114O6. The smallest absolute Gasteiger partial charge is 0.306 e. The summed E-state index contributed by atoms with van der Waals surface area (Å²) in [6.07, 6.45) is 76.6. The van der Waals surface area contributed by atoms with E-state index in [2.05, 4.69) is 93.7 Å². The predicted octanol–water partition coefficient (Wildman–Crippen LogP) is 20.5. The molecule has 0 saturated heterocycles. The van der Waals surface area contributed by atoms with Crippen molar-refractivity contribution in [2.24, 2.45) is 0 Å². The lowest BCUT2D eigenvalue weighted by Crippen LogP contribution is -2.30. The third-order valence-corrected chi connectivity index (χ3v) is 13.2. The molecule has 6 nitrogen and oxygen atoms in total. The van der Waals surface area contributed by atoms with Gasteiger partial charge in [0.15, 0.2) is 6.10 Å². The SMILES string of the molecule is CCCCCCC/C=C\C/C=C\C/C=C\CCCCCCCCCCCCC(=O)OCC(COC(=O)CCCCCCC)OC(=O)CCCCCCCCCC/C=C\C/C=C\C/C=C\CCCCCCC. The van der Waals surface area contributed by atoms with Gasteiger partial charge in [-0.25, -0.2) is 0 Å². The maximum Gasteiger partial charge on any atom is 0.306 e. The van der Waals surface area contributed by atoms with Crippen LogP contribution in [0.2, 0.25) is 0 Å². The zero-order valence-electron chi connectivity index (χ0n) is 47.0. The van der Waals surface area contributed by atoms with Crippen LogP contribution < -0.4 is 0 Å². The zero-order chi connectivity index (χ0) is 51.4. The van der Waals surface area contributed by atoms with Crippen molar-refractivity contribution in [3.8, 4) is 0 Å². The highest BCUT2D eigenvalue weighted by molar-refractivity contribution is 5.71. The summed E-state index contributed by atoms with van der Waals surface area (Å²) in [6.45, 7) is 6.55. The van der Waals surface area contributed by atoms with Crippen LogP contribution in [0.15, 0.2) is 72.9 Å². The lowest BCUT2D eigenvalue weighted by molar-refractivity contribution is -0.167. The number of allylic oxidation sites excluding steroid dienone is 12. The highest BCUT2D eigenvalue weighted by Gasteiger charge is 2.19. The van der Waals surface area contributed by atoms with Crippen LogP contribution in [0.1, 0.15) is 303 Å². The van der Waals surface area contributed by atoms with Gasteiger partial charge in [-0.2, -0.15) is 0 Å². The standard InChI is InChI=1S/C65H114O6/c1-4-7-10-13-15-17-19-21-23-25-27-29-31-32-34-35-37-39-41-43-45-47-49-52-55-58-64(67)70-61-62(60-69-63(66)57-54-51-12-9-6-3)71-65(68)59-56-53-50-48-46-44-42-40-38-36-33-30-28-26-24-22-20-18-16-14-11-8-5-2/h19-22,25-28,31-33,36,62H,4-18,23-24,29-30,34-35,37-61H2,1-3H3/b21-19-,22-20-,27-25-,28-26-,32-31-,36-33-. The van der Waals surface area contributed by atoms with Gasteiger partial charge >= 0.3 is 17.9 Å². The molecule has 0 amide bonds. The molecule has 0 aliphatic rings. The first-order valence-electron chi connectivity index (χ1n) is 30.4. The number of rotatable bonds is 55. The lowest BCUT2D eigenvalue weighted by Gasteiger charge is -2.18. The minimum atomic E-state index is -0.778. The Balaban J connectivity index is 4.10. The van der Waals surface area contributed by atoms with E-state index >= 15 is 0 Å². The number of unbranched alkanes of at least 4 members (excludes halogenated alkanes) is 32. The molecule has 0 spiro atoms. The van der Waals surface area contributed by atoms with E-state index < -0.39 is 6.10 Å². The Morgan fingerprint density at radius 2 is 0.507 bits per heavy atom. The maximum atomic E-state index is 12.8. The summed E-state index contributed by atoms with van der Waals surface area (Å²) in [5, 5.41) is 0. The molecule has 0 aliphatic carbocycles. The summed E-state index contributed by atoms with van der Waals surface area (Å²) >= 11 is 0. The number of hydrogen-bond donors (Lipinski definition) is 0. The summed E-state index contributed by atoms with van der Waals surface area (Å²) in [7, 11) is 0. The van der Waals surface area contributed by atoms with Gasteiger partial charge in [0.1, 0.15) is 13.2 Å². The molecule has 0 aromatic carbocycles. The van der Waals surface area contributed by atoms with Crippen molar-refractivity contribution in [2.75, 3.05) is 13.2 Å². The third-order valence-electron chi connectivity index (χ3n) is 13.2. The quantitative estimate of drug-likeness (QED) is 0.0261. The lowest BCUT2D eigenvalue weighted by atomic mass is 10.1. The van der Waals surface area contributed by atoms with Crippen LogP contribution in [0.4, 0.5) is 0 Å². The molecule has 1 atom stereocenters. The number of carbonyl (C=O) groups excluding carboxylic acids is 3. The molecule has 0 heterocycles. The van der Waals surface area contributed by atoms with Gasteiger partial charge in [0.05, 0.1) is 0 Å². The van der Waals surface area contributed by atoms with Gasteiger partial charge < -0.3 is 14.2 Å². The second-order valence-electron chi connectivity index (χ2n) is 20.3. The number of carbonyl (C=O) groups is 3. The molecule has 1 unspecified atom stereocenters. The molecule has 0 rings (SSSR count). The van der Waals surface area contributed by atoms with E-state index in [1.165, 1.54) is 167 Å². The maximum absolute atomic E-state index is 12.8. The van der Waals surface area contributed by atoms with Gasteiger partial charge in [-0.05, 0) is 96.3 Å². The van der Waals surface area contributed by atoms with Crippen molar-refractivity contribution in [3.05, 3.63) is 72.9 Å². The van der Waals surface area contributed by atoms with E-state index in [-0.39, 0.29) is 31.1 Å². The average molecular weight is 992 g/mol. The third kappa shape index (κ3) is 57.6. The Morgan fingerprint density at radius 1 is 0.282 bits per heavy atom. The monoisotopic (exact) mass is 991 g/mol. The fourth-order valence-electron chi connectivity index (χ4n) is 8.57. The summed E-state index contributed by atoms with van der Waals surface area (Å²) in [5.74, 6) is -0.896. The van der Waals surface area contributed by atoms with E-state index in [1.807, 2.05) is 0 Å². The van der Waals surface area contributed by atoms with Crippen LogP contribution in [0.3, 0.4) is 0 Å². The molecule has 71 heavy (non-hydrogen) atoms.